The van der Waals surface area contributed by atoms with Crippen molar-refractivity contribution in [2.75, 3.05) is 7.11 Å². The third kappa shape index (κ3) is 5.35. The van der Waals surface area contributed by atoms with Crippen molar-refractivity contribution in [1.29, 1.82) is 0 Å². The summed E-state index contributed by atoms with van der Waals surface area (Å²) in [5, 5.41) is 3.58. The van der Waals surface area contributed by atoms with Gasteiger partial charge in [0, 0.05) is 5.56 Å². The normalized spacial score (nSPS) is 13.2. The third-order valence-corrected chi connectivity index (χ3v) is 4.17. The monoisotopic (exact) mass is 348 g/mol. The zero-order valence-electron chi connectivity index (χ0n) is 15.9. The fraction of sp³-hybridized carbons (Fsp3) is 0.261. The quantitative estimate of drug-likeness (QED) is 0.593. The van der Waals surface area contributed by atoms with Crippen molar-refractivity contribution in [2.45, 2.75) is 32.7 Å². The van der Waals surface area contributed by atoms with Crippen molar-refractivity contribution in [2.24, 2.45) is 4.99 Å². The van der Waals surface area contributed by atoms with Crippen LogP contribution in [0.25, 0.3) is 0 Å². The van der Waals surface area contributed by atoms with Gasteiger partial charge in [0.05, 0.1) is 18.9 Å². The molecule has 0 aliphatic heterocycles. The fourth-order valence-corrected chi connectivity index (χ4v) is 2.80. The first-order valence-corrected chi connectivity index (χ1v) is 9.05. The van der Waals surface area contributed by atoms with E-state index in [0.29, 0.717) is 0 Å². The Labute approximate surface area is 157 Å². The first-order chi connectivity index (χ1) is 12.7. The highest BCUT2D eigenvalue weighted by Gasteiger charge is 2.11. The molecule has 0 saturated carbocycles. The molecule has 0 radical (unpaired) electrons. The molecule has 0 aliphatic carbocycles. The number of benzene rings is 2. The summed E-state index contributed by atoms with van der Waals surface area (Å²) in [5.74, 6) is 1.64. The number of aliphatic imine (C=N–C) groups is 1. The minimum absolute atomic E-state index is 0.229. The van der Waals surface area contributed by atoms with Gasteiger partial charge in [-0.25, -0.2) is 4.99 Å². The molecule has 0 heterocycles. The van der Waals surface area contributed by atoms with E-state index in [1.165, 1.54) is 5.56 Å². The van der Waals surface area contributed by atoms with E-state index in [-0.39, 0.29) is 6.04 Å². The molecule has 0 fully saturated rings. The van der Waals surface area contributed by atoms with Gasteiger partial charge in [0.25, 0.3) is 0 Å². The van der Waals surface area contributed by atoms with Crippen LogP contribution in [0.5, 0.6) is 5.75 Å². The maximum atomic E-state index is 5.32. The van der Waals surface area contributed by atoms with E-state index >= 15 is 0 Å². The van der Waals surface area contributed by atoms with Crippen LogP contribution in [0.3, 0.4) is 0 Å². The first kappa shape index (κ1) is 19.5. The van der Waals surface area contributed by atoms with E-state index in [1.807, 2.05) is 43.3 Å². The van der Waals surface area contributed by atoms with Crippen LogP contribution in [-0.4, -0.2) is 12.8 Å². The van der Waals surface area contributed by atoms with Crippen molar-refractivity contribution < 1.29 is 4.74 Å². The highest BCUT2D eigenvalue weighted by Crippen LogP contribution is 2.21. The largest absolute Gasteiger partial charge is 0.497 e. The molecule has 136 valence electrons. The Hall–Kier alpha value is -2.81. The molecular formula is C23H28N2O. The van der Waals surface area contributed by atoms with E-state index in [4.69, 9.17) is 9.73 Å². The van der Waals surface area contributed by atoms with Crippen LogP contribution in [0.1, 0.15) is 43.9 Å². The molecule has 0 spiro atoms. The lowest BCUT2D eigenvalue weighted by Crippen LogP contribution is -2.20. The van der Waals surface area contributed by atoms with Gasteiger partial charge >= 0.3 is 0 Å². The van der Waals surface area contributed by atoms with E-state index in [9.17, 15) is 0 Å². The van der Waals surface area contributed by atoms with E-state index < -0.39 is 0 Å². The Morgan fingerprint density at radius 3 is 2.58 bits per heavy atom. The molecule has 1 atom stereocenters. The number of hydrogen-bond donors (Lipinski definition) is 1. The molecule has 0 aliphatic rings. The number of methoxy groups -OCH3 is 1. The van der Waals surface area contributed by atoms with Crippen molar-refractivity contribution in [3.8, 4) is 5.75 Å². The van der Waals surface area contributed by atoms with Crippen LogP contribution < -0.4 is 10.1 Å². The molecule has 2 aromatic carbocycles. The Morgan fingerprint density at radius 1 is 1.19 bits per heavy atom. The summed E-state index contributed by atoms with van der Waals surface area (Å²) in [6.07, 6.45) is 5.91. The molecule has 26 heavy (non-hydrogen) atoms. The molecular weight excluding hydrogens is 320 g/mol. The minimum Gasteiger partial charge on any atom is -0.497 e. The van der Waals surface area contributed by atoms with Gasteiger partial charge in [0.15, 0.2) is 0 Å². The molecule has 1 N–H and O–H groups in total. The average Bonchev–Trinajstić information content (AvgIpc) is 2.71. The summed E-state index contributed by atoms with van der Waals surface area (Å²) in [6.45, 7) is 8.12. The smallest absolute Gasteiger partial charge is 0.122 e. The van der Waals surface area contributed by atoms with Crippen molar-refractivity contribution >= 4 is 5.71 Å². The second-order valence-electron chi connectivity index (χ2n) is 6.00. The summed E-state index contributed by atoms with van der Waals surface area (Å²) in [6, 6.07) is 18.6. The average molecular weight is 348 g/mol. The number of nitrogens with one attached hydrogen (secondary N) is 1. The summed E-state index contributed by atoms with van der Waals surface area (Å²) in [7, 11) is 1.66. The fourth-order valence-electron chi connectivity index (χ4n) is 2.80. The molecule has 0 aromatic heterocycles. The van der Waals surface area contributed by atoms with Crippen LogP contribution in [-0.2, 0) is 0 Å². The zero-order valence-corrected chi connectivity index (χ0v) is 15.9. The van der Waals surface area contributed by atoms with E-state index in [0.717, 1.165) is 35.7 Å². The molecule has 3 heteroatoms. The van der Waals surface area contributed by atoms with E-state index in [1.54, 1.807) is 13.2 Å². The van der Waals surface area contributed by atoms with Gasteiger partial charge < -0.3 is 10.1 Å². The van der Waals surface area contributed by atoms with Crippen LogP contribution in [0.4, 0.5) is 0 Å². The standard InChI is InChI=1S/C23H28N2O/c1-5-12-22(18-13-9-8-10-14-18)25-23(7-3)24-21(6-2)19-15-11-16-20(17-19)26-4/h6-11,13-17,22,25H,2,5,12H2,1,3-4H3/b23-7+,24-21+. The molecule has 0 bridgehead atoms. The van der Waals surface area contributed by atoms with Crippen molar-refractivity contribution in [3.63, 3.8) is 0 Å². The van der Waals surface area contributed by atoms with Crippen LogP contribution in [0.15, 0.2) is 84.1 Å². The van der Waals surface area contributed by atoms with Gasteiger partial charge in [-0.05, 0) is 43.2 Å². The second-order valence-corrected chi connectivity index (χ2v) is 6.00. The number of rotatable bonds is 9. The topological polar surface area (TPSA) is 33.6 Å². The van der Waals surface area contributed by atoms with Gasteiger partial charge in [-0.2, -0.15) is 0 Å². The van der Waals surface area contributed by atoms with Gasteiger partial charge in [-0.3, -0.25) is 0 Å². The predicted octanol–water partition coefficient (Wildman–Crippen LogP) is 5.66. The van der Waals surface area contributed by atoms with Crippen LogP contribution in [0.2, 0.25) is 0 Å². The Balaban J connectivity index is 2.27. The Bertz CT molecular complexity index is 763. The summed E-state index contributed by atoms with van der Waals surface area (Å²) in [4.78, 5) is 4.80. The van der Waals surface area contributed by atoms with Gasteiger partial charge in [-0.15, -0.1) is 0 Å². The summed E-state index contributed by atoms with van der Waals surface area (Å²) >= 11 is 0. The Kier molecular flexibility index (Phi) is 7.69. The lowest BCUT2D eigenvalue weighted by atomic mass is 10.0. The van der Waals surface area contributed by atoms with Crippen molar-refractivity contribution in [1.82, 2.24) is 5.32 Å². The number of nitrogens with zero attached hydrogens (tertiary/aromatic N) is 1. The first-order valence-electron chi connectivity index (χ1n) is 9.05. The van der Waals surface area contributed by atoms with Crippen LogP contribution in [0, 0.1) is 0 Å². The van der Waals surface area contributed by atoms with Gasteiger partial charge in [-0.1, -0.05) is 62.4 Å². The highest BCUT2D eigenvalue weighted by atomic mass is 16.5. The molecule has 3 nitrogen and oxygen atoms in total. The number of allylic oxidation sites excluding steroid dienone is 2. The molecule has 2 aromatic rings. The SMILES string of the molecule is C=C/C(=N\C(=C/C)NC(CCC)c1ccccc1)c1cccc(OC)c1. The maximum Gasteiger partial charge on any atom is 0.122 e. The van der Waals surface area contributed by atoms with Crippen molar-refractivity contribution in [3.05, 3.63) is 90.3 Å². The number of hydrogen-bond acceptors (Lipinski definition) is 3. The second kappa shape index (κ2) is 10.2. The summed E-state index contributed by atoms with van der Waals surface area (Å²) < 4.78 is 5.32. The van der Waals surface area contributed by atoms with Crippen LogP contribution >= 0.6 is 0 Å². The lowest BCUT2D eigenvalue weighted by molar-refractivity contribution is 0.414. The lowest BCUT2D eigenvalue weighted by Gasteiger charge is -2.20. The molecule has 2 rings (SSSR count). The van der Waals surface area contributed by atoms with Gasteiger partial charge in [0.2, 0.25) is 0 Å². The molecule has 1 unspecified atom stereocenters. The predicted molar refractivity (Wildman–Crippen MR) is 111 cm³/mol. The molecule has 0 amide bonds. The minimum atomic E-state index is 0.229. The van der Waals surface area contributed by atoms with Gasteiger partial charge in [0.1, 0.15) is 11.6 Å². The summed E-state index contributed by atoms with van der Waals surface area (Å²) in [5.41, 5.74) is 3.06. The molecule has 0 saturated heterocycles. The van der Waals surface area contributed by atoms with E-state index in [2.05, 4.69) is 43.1 Å². The zero-order chi connectivity index (χ0) is 18.8. The Morgan fingerprint density at radius 2 is 1.96 bits per heavy atom. The highest BCUT2D eigenvalue weighted by molar-refractivity contribution is 6.09. The maximum absolute atomic E-state index is 5.32. The number of ether oxygens (including phenoxy) is 1. The third-order valence-electron chi connectivity index (χ3n) is 4.17.